The molecule has 2 unspecified atom stereocenters. The van der Waals surface area contributed by atoms with Gasteiger partial charge < -0.3 is 25.2 Å². The number of fused-ring (bicyclic) bond motifs is 1. The van der Waals surface area contributed by atoms with Crippen LogP contribution in [0, 0.1) is 5.82 Å². The van der Waals surface area contributed by atoms with E-state index in [0.29, 0.717) is 12.1 Å². The van der Waals surface area contributed by atoms with Crippen LogP contribution in [-0.2, 0) is 21.6 Å². The monoisotopic (exact) mass is 504 g/mol. The first-order chi connectivity index (χ1) is 16.9. The number of aliphatic hydroxyl groups excluding tert-OH is 1. The second-order valence-electron chi connectivity index (χ2n) is 8.42. The van der Waals surface area contributed by atoms with Crippen molar-refractivity contribution in [3.63, 3.8) is 0 Å². The van der Waals surface area contributed by atoms with E-state index in [4.69, 9.17) is 26.2 Å². The van der Waals surface area contributed by atoms with E-state index >= 15 is 8.78 Å². The molecule has 6 nitrogen and oxygen atoms in total. The molecule has 2 aromatic carbocycles. The third-order valence-corrected chi connectivity index (χ3v) is 6.64. The molecular formula is C26H27ClF2N2O4. The Morgan fingerprint density at radius 1 is 1.31 bits per heavy atom. The molecule has 9 heteroatoms. The third kappa shape index (κ3) is 4.59. The largest absolute Gasteiger partial charge is 0.480 e. The quantitative estimate of drug-likeness (QED) is 0.514. The average Bonchev–Trinajstić information content (AvgIpc) is 3.23. The summed E-state index contributed by atoms with van der Waals surface area (Å²) in [5.41, 5.74) is 0.505. The predicted molar refractivity (Wildman–Crippen MR) is 130 cm³/mol. The molecule has 35 heavy (non-hydrogen) atoms. The molecule has 0 aromatic heterocycles. The Morgan fingerprint density at radius 2 is 2.06 bits per heavy atom. The molecule has 0 saturated heterocycles. The molecule has 1 heterocycles. The normalized spacial score (nSPS) is 23.3. The summed E-state index contributed by atoms with van der Waals surface area (Å²) >= 11 is 6.47. The first kappa shape index (κ1) is 25.3. The third-order valence-electron chi connectivity index (χ3n) is 6.27. The number of hydrogen-bond acceptors (Lipinski definition) is 5. The van der Waals surface area contributed by atoms with Crippen LogP contribution in [0.5, 0.6) is 5.75 Å². The van der Waals surface area contributed by atoms with E-state index < -0.39 is 29.6 Å². The van der Waals surface area contributed by atoms with Gasteiger partial charge in [0.2, 0.25) is 0 Å². The molecule has 3 atom stereocenters. The number of benzene rings is 2. The molecule has 1 aliphatic carbocycles. The maximum absolute atomic E-state index is 16.0. The molecule has 1 amide bonds. The first-order valence-electron chi connectivity index (χ1n) is 11.3. The average molecular weight is 505 g/mol. The maximum Gasteiger partial charge on any atom is 0.251 e. The van der Waals surface area contributed by atoms with Crippen LogP contribution in [0.2, 0.25) is 5.02 Å². The van der Waals surface area contributed by atoms with Gasteiger partial charge in [-0.3, -0.25) is 4.79 Å². The molecular weight excluding hydrogens is 478 g/mol. The standard InChI is InChI=1S/C26H27ClF2N2O4/c1-30-14-26(15-6-4-3-5-7-15)13-17-20(35-26)12-18(28)23(27)21(17)22-16(25(33)31-2)8-9-19(24(22)29)34-11-10-32/h3-9,12,19,24,30,32H,10-11,13-14H2,1-2H3,(H,31,33)/t19?,24?,26-/m1/s1. The van der Waals surface area contributed by atoms with E-state index in [2.05, 4.69) is 10.6 Å². The zero-order valence-corrected chi connectivity index (χ0v) is 20.2. The van der Waals surface area contributed by atoms with Gasteiger partial charge in [0.1, 0.15) is 17.7 Å². The highest BCUT2D eigenvalue weighted by molar-refractivity contribution is 6.33. The number of hydrogen-bond donors (Lipinski definition) is 3. The van der Waals surface area contributed by atoms with Gasteiger partial charge in [0.05, 0.1) is 18.2 Å². The van der Waals surface area contributed by atoms with Crippen LogP contribution in [0.1, 0.15) is 16.7 Å². The van der Waals surface area contributed by atoms with Crippen LogP contribution in [0.25, 0.3) is 5.57 Å². The molecule has 0 fully saturated rings. The highest BCUT2D eigenvalue weighted by atomic mass is 35.5. The minimum Gasteiger partial charge on any atom is -0.480 e. The molecule has 3 N–H and O–H groups in total. The smallest absolute Gasteiger partial charge is 0.251 e. The Hall–Kier alpha value is -2.78. The van der Waals surface area contributed by atoms with Crippen LogP contribution >= 0.6 is 11.6 Å². The summed E-state index contributed by atoms with van der Waals surface area (Å²) in [5.74, 6) is -1.09. The number of carbonyl (C=O) groups excluding carboxylic acids is 1. The number of carbonyl (C=O) groups is 1. The Morgan fingerprint density at radius 3 is 2.71 bits per heavy atom. The fourth-order valence-electron chi connectivity index (χ4n) is 4.73. The maximum atomic E-state index is 16.0. The summed E-state index contributed by atoms with van der Waals surface area (Å²) in [7, 11) is 3.21. The minimum absolute atomic E-state index is 0.0179. The van der Waals surface area contributed by atoms with Crippen molar-refractivity contribution in [2.24, 2.45) is 0 Å². The summed E-state index contributed by atoms with van der Waals surface area (Å²) in [6.07, 6.45) is 0.199. The van der Waals surface area contributed by atoms with Gasteiger partial charge in [-0.25, -0.2) is 8.78 Å². The van der Waals surface area contributed by atoms with Crippen molar-refractivity contribution in [1.29, 1.82) is 0 Å². The molecule has 1 aliphatic heterocycles. The van der Waals surface area contributed by atoms with Crippen LogP contribution in [0.4, 0.5) is 8.78 Å². The summed E-state index contributed by atoms with van der Waals surface area (Å²) in [6, 6.07) is 10.7. The van der Waals surface area contributed by atoms with Gasteiger partial charge in [-0.1, -0.05) is 54.1 Å². The molecule has 0 bridgehead atoms. The Kier molecular flexibility index (Phi) is 7.56. The second kappa shape index (κ2) is 10.5. The van der Waals surface area contributed by atoms with Gasteiger partial charge in [-0.05, 0) is 12.6 Å². The van der Waals surface area contributed by atoms with E-state index in [-0.39, 0.29) is 47.1 Å². The van der Waals surface area contributed by atoms with E-state index in [0.717, 1.165) is 5.56 Å². The zero-order chi connectivity index (χ0) is 25.2. The molecule has 186 valence electrons. The highest BCUT2D eigenvalue weighted by Crippen LogP contribution is 2.49. The van der Waals surface area contributed by atoms with Crippen molar-refractivity contribution in [2.45, 2.75) is 24.3 Å². The number of likely N-dealkylation sites (N-methyl/N-ethyl adjacent to an activating group) is 2. The van der Waals surface area contributed by atoms with Crippen LogP contribution in [-0.4, -0.2) is 57.1 Å². The van der Waals surface area contributed by atoms with E-state index in [1.54, 1.807) is 7.05 Å². The predicted octanol–water partition coefficient (Wildman–Crippen LogP) is 3.31. The Balaban J connectivity index is 1.91. The number of rotatable bonds is 8. The molecule has 0 spiro atoms. The number of halogens is 3. The number of alkyl halides is 1. The molecule has 0 radical (unpaired) electrons. The number of amides is 1. The van der Waals surface area contributed by atoms with Crippen molar-refractivity contribution in [2.75, 3.05) is 33.9 Å². The minimum atomic E-state index is -1.83. The van der Waals surface area contributed by atoms with E-state index in [1.807, 2.05) is 30.3 Å². The van der Waals surface area contributed by atoms with Gasteiger partial charge in [0.25, 0.3) is 5.91 Å². The lowest BCUT2D eigenvalue weighted by Crippen LogP contribution is -2.41. The summed E-state index contributed by atoms with van der Waals surface area (Å²) in [4.78, 5) is 12.7. The fraction of sp³-hybridized carbons (Fsp3) is 0.346. The van der Waals surface area contributed by atoms with Crippen LogP contribution < -0.4 is 15.4 Å². The Bertz CT molecular complexity index is 1170. The molecule has 4 rings (SSSR count). The Labute approximate surface area is 207 Å². The fourth-order valence-corrected chi connectivity index (χ4v) is 5.00. The number of ether oxygens (including phenoxy) is 2. The summed E-state index contributed by atoms with van der Waals surface area (Å²) in [5, 5.41) is 14.5. The number of aliphatic hydroxyl groups is 1. The summed E-state index contributed by atoms with van der Waals surface area (Å²) in [6.45, 7) is -0.00565. The van der Waals surface area contributed by atoms with E-state index in [1.165, 1.54) is 25.3 Å². The van der Waals surface area contributed by atoms with E-state index in [9.17, 15) is 4.79 Å². The van der Waals surface area contributed by atoms with Crippen molar-refractivity contribution >= 4 is 23.1 Å². The molecule has 0 saturated carbocycles. The SMILES string of the molecule is CNC[C@@]1(c2ccccc2)Cc2c(cc(F)c(Cl)c2C2=C(C(=O)NC)C=CC(OCCO)C2F)O1. The van der Waals surface area contributed by atoms with Crippen molar-refractivity contribution < 1.29 is 28.2 Å². The lowest BCUT2D eigenvalue weighted by atomic mass is 9.82. The van der Waals surface area contributed by atoms with Crippen molar-refractivity contribution in [1.82, 2.24) is 10.6 Å². The molecule has 2 aromatic rings. The van der Waals surface area contributed by atoms with Gasteiger partial charge in [0, 0.05) is 48.4 Å². The van der Waals surface area contributed by atoms with Gasteiger partial charge >= 0.3 is 0 Å². The first-order valence-corrected chi connectivity index (χ1v) is 11.7. The van der Waals surface area contributed by atoms with Crippen LogP contribution in [0.3, 0.4) is 0 Å². The lowest BCUT2D eigenvalue weighted by molar-refractivity contribution is -0.116. The van der Waals surface area contributed by atoms with Crippen LogP contribution in [0.15, 0.2) is 54.1 Å². The topological polar surface area (TPSA) is 79.8 Å². The summed E-state index contributed by atoms with van der Waals surface area (Å²) < 4.78 is 42.9. The van der Waals surface area contributed by atoms with Crippen molar-refractivity contribution in [3.8, 4) is 5.75 Å². The van der Waals surface area contributed by atoms with Gasteiger partial charge in [-0.2, -0.15) is 0 Å². The highest BCUT2D eigenvalue weighted by Gasteiger charge is 2.45. The van der Waals surface area contributed by atoms with Gasteiger partial charge in [-0.15, -0.1) is 0 Å². The molecule has 2 aliphatic rings. The lowest BCUT2D eigenvalue weighted by Gasteiger charge is -2.29. The zero-order valence-electron chi connectivity index (χ0n) is 19.4. The van der Waals surface area contributed by atoms with Gasteiger partial charge in [0.15, 0.2) is 11.8 Å². The number of nitrogens with one attached hydrogen (secondary N) is 2. The van der Waals surface area contributed by atoms with Crippen molar-refractivity contribution in [3.05, 3.63) is 81.7 Å². The second-order valence-corrected chi connectivity index (χ2v) is 8.80.